The fraction of sp³-hybridized carbons (Fsp3) is 0.909. The third kappa shape index (κ3) is 5.19. The maximum Gasteiger partial charge on any atom is 0.232 e. The Labute approximate surface area is 103 Å². The molecule has 1 aliphatic heterocycles. The van der Waals surface area contributed by atoms with Gasteiger partial charge in [0.2, 0.25) is 13.3 Å². The molecule has 0 spiro atoms. The van der Waals surface area contributed by atoms with E-state index < -0.39 is 7.37 Å². The van der Waals surface area contributed by atoms with Gasteiger partial charge in [0.15, 0.2) is 0 Å². The van der Waals surface area contributed by atoms with Crippen molar-refractivity contribution in [1.82, 2.24) is 9.80 Å². The molecular formula is C11H23N2O3P. The van der Waals surface area contributed by atoms with E-state index in [1.165, 1.54) is 18.2 Å². The molecule has 1 atom stereocenters. The molecule has 0 radical (unpaired) electrons. The number of amides is 1. The van der Waals surface area contributed by atoms with Crippen LogP contribution in [0.4, 0.5) is 0 Å². The van der Waals surface area contributed by atoms with Gasteiger partial charge in [0.05, 0.1) is 12.6 Å². The Kier molecular flexibility index (Phi) is 5.63. The predicted octanol–water partition coefficient (Wildman–Crippen LogP) is 1.53. The minimum atomic E-state index is -3.26. The van der Waals surface area contributed by atoms with Crippen molar-refractivity contribution in [3.8, 4) is 0 Å². The molecule has 1 rings (SSSR count). The molecule has 1 saturated heterocycles. The van der Waals surface area contributed by atoms with Gasteiger partial charge in [0.25, 0.3) is 0 Å². The van der Waals surface area contributed by atoms with E-state index in [0.717, 1.165) is 25.9 Å². The minimum Gasteiger partial charge on any atom is -0.342 e. The van der Waals surface area contributed by atoms with Crippen molar-refractivity contribution in [3.05, 3.63) is 0 Å². The number of likely N-dealkylation sites (tertiary alicyclic amines) is 1. The van der Waals surface area contributed by atoms with Crippen molar-refractivity contribution in [2.45, 2.75) is 33.1 Å². The Hall–Kier alpha value is -0.380. The molecule has 1 aliphatic rings. The quantitative estimate of drug-likeness (QED) is 0.763. The van der Waals surface area contributed by atoms with Gasteiger partial charge in [-0.3, -0.25) is 14.3 Å². The maximum atomic E-state index is 12.1. The van der Waals surface area contributed by atoms with Gasteiger partial charge in [-0.15, -0.1) is 0 Å². The molecule has 100 valence electrons. The molecule has 1 N–H and O–H groups in total. The summed E-state index contributed by atoms with van der Waals surface area (Å²) in [6, 6.07) is 0. The van der Waals surface area contributed by atoms with Gasteiger partial charge in [-0.25, -0.2) is 0 Å². The van der Waals surface area contributed by atoms with Gasteiger partial charge in [-0.05, 0) is 32.9 Å². The van der Waals surface area contributed by atoms with Gasteiger partial charge in [-0.1, -0.05) is 6.42 Å². The molecule has 1 unspecified atom stereocenters. The fourth-order valence-corrected chi connectivity index (χ4v) is 4.08. The average molecular weight is 262 g/mol. The zero-order valence-corrected chi connectivity index (χ0v) is 11.7. The number of hydrogen-bond donors (Lipinski definition) is 1. The summed E-state index contributed by atoms with van der Waals surface area (Å²) in [7, 11) is -3.26. The van der Waals surface area contributed by atoms with E-state index in [9.17, 15) is 14.3 Å². The summed E-state index contributed by atoms with van der Waals surface area (Å²) in [5.41, 5.74) is 0. The number of rotatable bonds is 5. The highest BCUT2D eigenvalue weighted by atomic mass is 31.2. The SMILES string of the molecule is CCN(CP(=O)(O)CN1CCCCC1)C(C)=O. The number of carbonyl (C=O) groups is 1. The second-order valence-electron chi connectivity index (χ2n) is 4.68. The lowest BCUT2D eigenvalue weighted by molar-refractivity contribution is -0.127. The molecule has 0 saturated carbocycles. The number of piperidine rings is 1. The van der Waals surface area contributed by atoms with Crippen LogP contribution in [-0.4, -0.2) is 52.8 Å². The van der Waals surface area contributed by atoms with Crippen LogP contribution in [0.5, 0.6) is 0 Å². The molecule has 0 aromatic heterocycles. The molecule has 5 nitrogen and oxygen atoms in total. The molecule has 1 heterocycles. The zero-order valence-electron chi connectivity index (χ0n) is 10.8. The zero-order chi connectivity index (χ0) is 12.9. The van der Waals surface area contributed by atoms with Crippen molar-refractivity contribution in [1.29, 1.82) is 0 Å². The van der Waals surface area contributed by atoms with Crippen molar-refractivity contribution >= 4 is 13.3 Å². The smallest absolute Gasteiger partial charge is 0.232 e. The predicted molar refractivity (Wildman–Crippen MR) is 68.0 cm³/mol. The summed E-state index contributed by atoms with van der Waals surface area (Å²) in [4.78, 5) is 24.6. The lowest BCUT2D eigenvalue weighted by atomic mass is 10.1. The Balaban J connectivity index is 2.48. The fourth-order valence-electron chi connectivity index (χ4n) is 2.15. The molecule has 0 aliphatic carbocycles. The van der Waals surface area contributed by atoms with Crippen LogP contribution in [-0.2, 0) is 9.36 Å². The maximum absolute atomic E-state index is 12.1. The monoisotopic (exact) mass is 262 g/mol. The van der Waals surface area contributed by atoms with Crippen LogP contribution in [0.15, 0.2) is 0 Å². The van der Waals surface area contributed by atoms with Crippen LogP contribution in [0.2, 0.25) is 0 Å². The Morgan fingerprint density at radius 2 is 1.94 bits per heavy atom. The Morgan fingerprint density at radius 1 is 1.35 bits per heavy atom. The van der Waals surface area contributed by atoms with Gasteiger partial charge in [0, 0.05) is 13.5 Å². The number of nitrogens with zero attached hydrogens (tertiary/aromatic N) is 2. The third-order valence-corrected chi connectivity index (χ3v) is 4.71. The molecule has 1 fully saturated rings. The van der Waals surface area contributed by atoms with Crippen LogP contribution in [0.1, 0.15) is 33.1 Å². The summed E-state index contributed by atoms with van der Waals surface area (Å²) in [5.74, 6) is -0.139. The first kappa shape index (κ1) is 14.7. The highest BCUT2D eigenvalue weighted by Crippen LogP contribution is 2.42. The summed E-state index contributed by atoms with van der Waals surface area (Å²) >= 11 is 0. The summed E-state index contributed by atoms with van der Waals surface area (Å²) < 4.78 is 12.1. The van der Waals surface area contributed by atoms with Crippen molar-refractivity contribution in [2.75, 3.05) is 32.2 Å². The normalized spacial score (nSPS) is 20.9. The first-order valence-electron chi connectivity index (χ1n) is 6.23. The van der Waals surface area contributed by atoms with Crippen molar-refractivity contribution in [2.24, 2.45) is 0 Å². The highest BCUT2D eigenvalue weighted by molar-refractivity contribution is 7.57. The molecule has 17 heavy (non-hydrogen) atoms. The van der Waals surface area contributed by atoms with Gasteiger partial charge in [0.1, 0.15) is 0 Å². The van der Waals surface area contributed by atoms with Crippen LogP contribution in [0, 0.1) is 0 Å². The van der Waals surface area contributed by atoms with Crippen molar-refractivity contribution in [3.63, 3.8) is 0 Å². The topological polar surface area (TPSA) is 60.9 Å². The summed E-state index contributed by atoms with van der Waals surface area (Å²) in [6.45, 7) is 5.54. The molecule has 0 aromatic rings. The van der Waals surface area contributed by atoms with Crippen LogP contribution in [0.25, 0.3) is 0 Å². The van der Waals surface area contributed by atoms with E-state index in [2.05, 4.69) is 0 Å². The second kappa shape index (κ2) is 6.53. The Morgan fingerprint density at radius 3 is 2.41 bits per heavy atom. The molecule has 0 bridgehead atoms. The van der Waals surface area contributed by atoms with Gasteiger partial charge in [-0.2, -0.15) is 0 Å². The second-order valence-corrected chi connectivity index (χ2v) is 6.94. The van der Waals surface area contributed by atoms with Crippen molar-refractivity contribution < 1.29 is 14.3 Å². The number of hydrogen-bond acceptors (Lipinski definition) is 3. The van der Waals surface area contributed by atoms with Gasteiger partial charge < -0.3 is 9.79 Å². The van der Waals surface area contributed by atoms with E-state index in [4.69, 9.17) is 0 Å². The lowest BCUT2D eigenvalue weighted by Gasteiger charge is -2.30. The Bertz CT molecular complexity index is 303. The molecule has 1 amide bonds. The van der Waals surface area contributed by atoms with E-state index in [1.807, 2.05) is 11.8 Å². The molecule has 0 aromatic carbocycles. The number of carbonyl (C=O) groups excluding carboxylic acids is 1. The van der Waals surface area contributed by atoms with Crippen LogP contribution >= 0.6 is 7.37 Å². The lowest BCUT2D eigenvalue weighted by Crippen LogP contribution is -2.34. The highest BCUT2D eigenvalue weighted by Gasteiger charge is 2.26. The largest absolute Gasteiger partial charge is 0.342 e. The minimum absolute atomic E-state index is 0.0185. The van der Waals surface area contributed by atoms with Crippen LogP contribution < -0.4 is 0 Å². The average Bonchev–Trinajstić information content (AvgIpc) is 2.26. The van der Waals surface area contributed by atoms with Crippen LogP contribution in [0.3, 0.4) is 0 Å². The van der Waals surface area contributed by atoms with E-state index in [0.29, 0.717) is 6.54 Å². The summed E-state index contributed by atoms with van der Waals surface area (Å²) in [5, 5.41) is 0. The van der Waals surface area contributed by atoms with E-state index in [-0.39, 0.29) is 18.5 Å². The third-order valence-electron chi connectivity index (χ3n) is 3.09. The first-order chi connectivity index (χ1) is 7.94. The molecular weight excluding hydrogens is 239 g/mol. The summed E-state index contributed by atoms with van der Waals surface area (Å²) in [6.07, 6.45) is 3.61. The van der Waals surface area contributed by atoms with E-state index in [1.54, 1.807) is 0 Å². The van der Waals surface area contributed by atoms with Gasteiger partial charge >= 0.3 is 0 Å². The molecule has 6 heteroatoms. The van der Waals surface area contributed by atoms with E-state index >= 15 is 0 Å². The first-order valence-corrected chi connectivity index (χ1v) is 8.26. The standard InChI is InChI=1S/C11H23N2O3P/c1-3-13(11(2)14)10-17(15,16)9-12-7-5-4-6-8-12/h3-10H2,1-2H3,(H,15,16).